The number of hydrogen-bond donors (Lipinski definition) is 2. The number of carboxylic acid groups (broad SMARTS) is 2. The van der Waals surface area contributed by atoms with E-state index >= 15 is 0 Å². The lowest BCUT2D eigenvalue weighted by Gasteiger charge is -2.13. The summed E-state index contributed by atoms with van der Waals surface area (Å²) in [5, 5.41) is 18.8. The lowest BCUT2D eigenvalue weighted by atomic mass is 10.1. The van der Waals surface area contributed by atoms with Crippen LogP contribution < -0.4 is 0 Å². The Labute approximate surface area is 191 Å². The highest BCUT2D eigenvalue weighted by molar-refractivity contribution is 8.03. The third kappa shape index (κ3) is 6.34. The van der Waals surface area contributed by atoms with E-state index in [1.165, 1.54) is 11.8 Å². The van der Waals surface area contributed by atoms with Crippen LogP contribution in [-0.2, 0) is 23.5 Å². The van der Waals surface area contributed by atoms with Gasteiger partial charge in [0.1, 0.15) is 5.82 Å². The van der Waals surface area contributed by atoms with Gasteiger partial charge in [-0.05, 0) is 35.8 Å². The van der Waals surface area contributed by atoms with E-state index < -0.39 is 11.9 Å². The monoisotopic (exact) mass is 450 g/mol. The molecular weight excluding hydrogens is 424 g/mol. The van der Waals surface area contributed by atoms with Crippen LogP contribution in [0.5, 0.6) is 0 Å². The first-order chi connectivity index (χ1) is 15.5. The fourth-order valence-corrected chi connectivity index (χ4v) is 4.13. The third-order valence-corrected chi connectivity index (χ3v) is 6.04. The molecule has 0 atom stereocenters. The Bertz CT molecular complexity index is 1090. The lowest BCUT2D eigenvalue weighted by Crippen LogP contribution is -2.09. The molecule has 0 spiro atoms. The van der Waals surface area contributed by atoms with Crippen molar-refractivity contribution < 1.29 is 19.8 Å². The van der Waals surface area contributed by atoms with Crippen LogP contribution >= 0.6 is 11.8 Å². The van der Waals surface area contributed by atoms with Crippen molar-refractivity contribution in [3.63, 3.8) is 0 Å². The minimum Gasteiger partial charge on any atom is -0.478 e. The van der Waals surface area contributed by atoms with E-state index in [1.807, 2.05) is 48.7 Å². The van der Waals surface area contributed by atoms with Gasteiger partial charge in [-0.2, -0.15) is 0 Å². The number of hydrogen-bond acceptors (Lipinski definition) is 4. The second kappa shape index (κ2) is 11.3. The zero-order chi connectivity index (χ0) is 22.9. The Kier molecular flexibility index (Phi) is 8.27. The highest BCUT2D eigenvalue weighted by Gasteiger charge is 2.14. The molecule has 0 saturated carbocycles. The number of imidazole rings is 1. The molecule has 0 aliphatic rings. The summed E-state index contributed by atoms with van der Waals surface area (Å²) in [5.41, 5.74) is 2.99. The molecule has 0 saturated heterocycles. The SMILES string of the molecule is CCCCc1ncc(CSC(=Cc2ccccc2)C(=O)O)n1Cc1ccc(C(=O)O)cc1. The van der Waals surface area contributed by atoms with Crippen LogP contribution in [0.1, 0.15) is 52.8 Å². The van der Waals surface area contributed by atoms with Crippen LogP contribution in [0, 0.1) is 0 Å². The van der Waals surface area contributed by atoms with E-state index in [4.69, 9.17) is 5.11 Å². The van der Waals surface area contributed by atoms with Gasteiger partial charge in [0.2, 0.25) is 0 Å². The van der Waals surface area contributed by atoms with Crippen molar-refractivity contribution in [1.82, 2.24) is 9.55 Å². The number of carboxylic acids is 2. The lowest BCUT2D eigenvalue weighted by molar-refractivity contribution is -0.131. The number of thioether (sulfide) groups is 1. The summed E-state index contributed by atoms with van der Waals surface area (Å²) in [7, 11) is 0. The number of aliphatic carboxylic acids is 1. The summed E-state index contributed by atoms with van der Waals surface area (Å²) in [4.78, 5) is 27.8. The van der Waals surface area contributed by atoms with Crippen LogP contribution in [0.2, 0.25) is 0 Å². The van der Waals surface area contributed by atoms with Gasteiger partial charge in [0.05, 0.1) is 10.5 Å². The number of unbranched alkanes of at least 4 members (excludes halogenated alkanes) is 1. The minimum atomic E-state index is -0.958. The highest BCUT2D eigenvalue weighted by Crippen LogP contribution is 2.25. The van der Waals surface area contributed by atoms with Crippen molar-refractivity contribution >= 4 is 29.8 Å². The van der Waals surface area contributed by atoms with Crippen molar-refractivity contribution in [2.24, 2.45) is 0 Å². The summed E-state index contributed by atoms with van der Waals surface area (Å²) >= 11 is 1.27. The Balaban J connectivity index is 1.82. The van der Waals surface area contributed by atoms with Crippen LogP contribution in [-0.4, -0.2) is 31.7 Å². The standard InChI is InChI=1S/C25H26N2O4S/c1-2-3-9-23-26-15-21(27(23)16-19-10-12-20(13-11-19)24(28)29)17-32-22(25(30)31)14-18-7-5-4-6-8-18/h4-8,10-15H,2-3,9,16-17H2,1H3,(H,28,29)(H,30,31). The summed E-state index contributed by atoms with van der Waals surface area (Å²) in [6.07, 6.45) is 6.38. The van der Waals surface area contributed by atoms with Gasteiger partial charge in [-0.1, -0.05) is 55.8 Å². The number of nitrogens with zero attached hydrogens (tertiary/aromatic N) is 2. The zero-order valence-corrected chi connectivity index (χ0v) is 18.7. The summed E-state index contributed by atoms with van der Waals surface area (Å²) in [5.74, 6) is -0.488. The molecule has 0 aliphatic heterocycles. The minimum absolute atomic E-state index is 0.249. The quantitative estimate of drug-likeness (QED) is 0.384. The smallest absolute Gasteiger partial charge is 0.342 e. The van der Waals surface area contributed by atoms with Gasteiger partial charge in [0, 0.05) is 30.6 Å². The van der Waals surface area contributed by atoms with Gasteiger partial charge in [-0.25, -0.2) is 14.6 Å². The maximum atomic E-state index is 11.8. The molecule has 0 unspecified atom stereocenters. The van der Waals surface area contributed by atoms with E-state index in [1.54, 1.807) is 18.2 Å². The molecule has 1 heterocycles. The highest BCUT2D eigenvalue weighted by atomic mass is 32.2. The van der Waals surface area contributed by atoms with Gasteiger partial charge in [-0.15, -0.1) is 11.8 Å². The molecule has 166 valence electrons. The van der Waals surface area contributed by atoms with Crippen molar-refractivity contribution in [3.8, 4) is 0 Å². The Morgan fingerprint density at radius 1 is 1.06 bits per heavy atom. The molecule has 0 bridgehead atoms. The topological polar surface area (TPSA) is 92.4 Å². The van der Waals surface area contributed by atoms with Crippen molar-refractivity contribution in [2.75, 3.05) is 0 Å². The number of aromatic nitrogens is 2. The number of aromatic carboxylic acids is 1. The van der Waals surface area contributed by atoms with Gasteiger partial charge < -0.3 is 14.8 Å². The predicted octanol–water partition coefficient (Wildman–Crippen LogP) is 5.33. The Morgan fingerprint density at radius 3 is 2.41 bits per heavy atom. The molecule has 0 aliphatic carbocycles. The van der Waals surface area contributed by atoms with Crippen LogP contribution in [0.25, 0.3) is 6.08 Å². The molecule has 2 aromatic carbocycles. The van der Waals surface area contributed by atoms with Crippen molar-refractivity contribution in [1.29, 1.82) is 0 Å². The largest absolute Gasteiger partial charge is 0.478 e. The molecular formula is C25H26N2O4S. The summed E-state index contributed by atoms with van der Waals surface area (Å²) in [6.45, 7) is 2.68. The van der Waals surface area contributed by atoms with E-state index in [0.717, 1.165) is 41.9 Å². The van der Waals surface area contributed by atoms with Crippen LogP contribution in [0.15, 0.2) is 65.7 Å². The predicted molar refractivity (Wildman–Crippen MR) is 127 cm³/mol. The van der Waals surface area contributed by atoms with E-state index in [-0.39, 0.29) is 10.5 Å². The maximum Gasteiger partial charge on any atom is 0.342 e. The average Bonchev–Trinajstić information content (AvgIpc) is 3.17. The first-order valence-corrected chi connectivity index (χ1v) is 11.4. The second-order valence-electron chi connectivity index (χ2n) is 7.37. The van der Waals surface area contributed by atoms with Gasteiger partial charge in [0.15, 0.2) is 0 Å². The Morgan fingerprint density at radius 2 is 1.78 bits per heavy atom. The van der Waals surface area contributed by atoms with E-state index in [2.05, 4.69) is 16.5 Å². The summed E-state index contributed by atoms with van der Waals surface area (Å²) < 4.78 is 2.11. The molecule has 3 aromatic rings. The molecule has 2 N–H and O–H groups in total. The molecule has 32 heavy (non-hydrogen) atoms. The van der Waals surface area contributed by atoms with Gasteiger partial charge >= 0.3 is 11.9 Å². The Hall–Kier alpha value is -3.32. The van der Waals surface area contributed by atoms with Gasteiger partial charge in [-0.3, -0.25) is 0 Å². The summed E-state index contributed by atoms with van der Waals surface area (Å²) in [6, 6.07) is 16.2. The van der Waals surface area contributed by atoms with Crippen molar-refractivity contribution in [3.05, 3.63) is 93.9 Å². The normalized spacial score (nSPS) is 11.5. The molecule has 6 nitrogen and oxygen atoms in total. The second-order valence-corrected chi connectivity index (χ2v) is 8.39. The molecule has 7 heteroatoms. The van der Waals surface area contributed by atoms with Gasteiger partial charge in [0.25, 0.3) is 0 Å². The number of aryl methyl sites for hydroxylation is 1. The van der Waals surface area contributed by atoms with E-state index in [0.29, 0.717) is 12.3 Å². The first kappa shape index (κ1) is 23.3. The van der Waals surface area contributed by atoms with Crippen LogP contribution in [0.4, 0.5) is 0 Å². The maximum absolute atomic E-state index is 11.8. The zero-order valence-electron chi connectivity index (χ0n) is 17.9. The van der Waals surface area contributed by atoms with Crippen LogP contribution in [0.3, 0.4) is 0 Å². The average molecular weight is 451 g/mol. The van der Waals surface area contributed by atoms with Crippen molar-refractivity contribution in [2.45, 2.75) is 38.5 Å². The molecule has 3 rings (SSSR count). The number of carbonyl (C=O) groups is 2. The fraction of sp³-hybridized carbons (Fsp3) is 0.240. The molecule has 1 aromatic heterocycles. The molecule has 0 amide bonds. The fourth-order valence-electron chi connectivity index (χ4n) is 3.25. The number of benzene rings is 2. The third-order valence-electron chi connectivity index (χ3n) is 5.00. The molecule has 0 fully saturated rings. The molecule has 0 radical (unpaired) electrons. The number of rotatable bonds is 11. The first-order valence-electron chi connectivity index (χ1n) is 10.5. The van der Waals surface area contributed by atoms with E-state index in [9.17, 15) is 14.7 Å².